The fraction of sp³-hybridized carbons (Fsp3) is 0.440. The number of imide groups is 1. The number of carbonyl (C=O) groups is 2. The van der Waals surface area contributed by atoms with Crippen LogP contribution < -0.4 is 0 Å². The minimum Gasteiger partial charge on any atom is -0.363 e. The average Bonchev–Trinajstić information content (AvgIpc) is 2.82. The van der Waals surface area contributed by atoms with E-state index in [4.69, 9.17) is 4.74 Å². The molecule has 1 unspecified atom stereocenters. The average molecular weight is 441 g/mol. The molecule has 1 rings (SSSR count). The van der Waals surface area contributed by atoms with Gasteiger partial charge in [0.25, 0.3) is 5.91 Å². The topological polar surface area (TPSA) is 74.6 Å². The number of benzene rings is 1. The van der Waals surface area contributed by atoms with Crippen LogP contribution in [-0.2, 0) is 9.53 Å². The van der Waals surface area contributed by atoms with Crippen LogP contribution in [0.2, 0.25) is 0 Å². The van der Waals surface area contributed by atoms with Crippen LogP contribution in [-0.4, -0.2) is 74.2 Å². The molecule has 174 valence electrons. The van der Waals surface area contributed by atoms with Crippen molar-refractivity contribution in [2.24, 2.45) is 9.98 Å². The van der Waals surface area contributed by atoms with Crippen LogP contribution in [0.1, 0.15) is 42.6 Å². The summed E-state index contributed by atoms with van der Waals surface area (Å²) in [6, 6.07) is 7.30. The first-order valence-corrected chi connectivity index (χ1v) is 10.9. The Hall–Kier alpha value is -3.06. The molecule has 1 atom stereocenters. The van der Waals surface area contributed by atoms with Crippen LogP contribution in [0.3, 0.4) is 0 Å². The molecule has 0 aliphatic heterocycles. The lowest BCUT2D eigenvalue weighted by atomic mass is 10.1. The highest BCUT2D eigenvalue weighted by Crippen LogP contribution is 2.10. The third kappa shape index (κ3) is 9.39. The van der Waals surface area contributed by atoms with Crippen LogP contribution in [0.4, 0.5) is 0 Å². The van der Waals surface area contributed by atoms with E-state index in [1.807, 2.05) is 44.5 Å². The summed E-state index contributed by atoms with van der Waals surface area (Å²) in [7, 11) is 1.59. The van der Waals surface area contributed by atoms with E-state index in [1.165, 1.54) is 4.90 Å². The molecule has 1 aromatic carbocycles. The molecule has 7 heteroatoms. The summed E-state index contributed by atoms with van der Waals surface area (Å²) in [4.78, 5) is 36.2. The quantitative estimate of drug-likeness (QED) is 0.136. The zero-order valence-electron chi connectivity index (χ0n) is 19.7. The van der Waals surface area contributed by atoms with Gasteiger partial charge in [0.15, 0.2) is 6.23 Å². The van der Waals surface area contributed by atoms with Crippen LogP contribution in [0.25, 0.3) is 0 Å². The number of aliphatic imine (C=N–C) groups is 2. The molecular formula is C25H36N4O3. The third-order valence-corrected chi connectivity index (χ3v) is 4.98. The minimum absolute atomic E-state index is 0.250. The number of ether oxygens (including phenoxy) is 1. The van der Waals surface area contributed by atoms with Crippen LogP contribution in [0, 0.1) is 6.92 Å². The number of allylic oxidation sites excluding steroid dienone is 1. The van der Waals surface area contributed by atoms with Gasteiger partial charge >= 0.3 is 0 Å². The van der Waals surface area contributed by atoms with Gasteiger partial charge in [0.05, 0.1) is 12.9 Å². The lowest BCUT2D eigenvalue weighted by Crippen LogP contribution is -2.32. The number of nitrogens with zero attached hydrogens (tertiary/aromatic N) is 4. The Morgan fingerprint density at radius 2 is 1.97 bits per heavy atom. The summed E-state index contributed by atoms with van der Waals surface area (Å²) >= 11 is 0. The first kappa shape index (κ1) is 27.0. The SMILES string of the molecule is C=CC(/N=C\C(=C/C)CN=CN(CC)CCCCN(C=O)C(=O)c1ccccc1C)OC. The van der Waals surface area contributed by atoms with Crippen LogP contribution in [0.15, 0.2) is 58.6 Å². The normalized spacial score (nSPS) is 12.8. The fourth-order valence-electron chi connectivity index (χ4n) is 2.92. The first-order chi connectivity index (χ1) is 15.5. The summed E-state index contributed by atoms with van der Waals surface area (Å²) in [5.74, 6) is -0.250. The third-order valence-electron chi connectivity index (χ3n) is 4.98. The summed E-state index contributed by atoms with van der Waals surface area (Å²) in [5.41, 5.74) is 2.41. The van der Waals surface area contributed by atoms with Gasteiger partial charge in [-0.15, -0.1) is 0 Å². The zero-order chi connectivity index (χ0) is 23.8. The van der Waals surface area contributed by atoms with Crippen molar-refractivity contribution in [3.05, 3.63) is 59.7 Å². The molecule has 7 nitrogen and oxygen atoms in total. The Bertz CT molecular complexity index is 817. The molecule has 2 amide bonds. The Morgan fingerprint density at radius 3 is 2.56 bits per heavy atom. The molecule has 0 fully saturated rings. The molecule has 0 aliphatic rings. The summed E-state index contributed by atoms with van der Waals surface area (Å²) in [6.45, 7) is 12.1. The van der Waals surface area contributed by atoms with Crippen molar-refractivity contribution in [1.29, 1.82) is 0 Å². The number of carbonyl (C=O) groups excluding carboxylic acids is 2. The van der Waals surface area contributed by atoms with E-state index in [1.54, 1.807) is 25.5 Å². The molecule has 0 saturated carbocycles. The second kappa shape index (κ2) is 15.7. The van der Waals surface area contributed by atoms with Crippen molar-refractivity contribution >= 4 is 24.9 Å². The molecule has 0 saturated heterocycles. The van der Waals surface area contributed by atoms with Gasteiger partial charge in [0.1, 0.15) is 0 Å². The molecule has 0 heterocycles. The van der Waals surface area contributed by atoms with Crippen molar-refractivity contribution in [2.75, 3.05) is 33.3 Å². The monoisotopic (exact) mass is 440 g/mol. The number of hydrogen-bond donors (Lipinski definition) is 0. The number of rotatable bonds is 15. The lowest BCUT2D eigenvalue weighted by Gasteiger charge is -2.19. The number of unbranched alkanes of at least 4 members (excludes halogenated alkanes) is 1. The van der Waals surface area contributed by atoms with Gasteiger partial charge in [-0.25, -0.2) is 0 Å². The van der Waals surface area contributed by atoms with E-state index in [2.05, 4.69) is 28.4 Å². The van der Waals surface area contributed by atoms with E-state index < -0.39 is 0 Å². The maximum absolute atomic E-state index is 12.6. The van der Waals surface area contributed by atoms with Gasteiger partial charge in [-0.3, -0.25) is 24.5 Å². The molecule has 0 aliphatic carbocycles. The standard InChI is InChI=1S/C25H36N4O3/c1-6-22(18-27-24(7-2)32-5)17-26-19-28(8-3)15-11-12-16-29(20-30)25(31)23-14-10-9-13-21(23)4/h6-7,9-10,13-14,18-20,24H,2,8,11-12,15-17H2,1,3-5H3/b22-6-,26-19?,27-18-. The molecule has 0 N–H and O–H groups in total. The second-order valence-corrected chi connectivity index (χ2v) is 7.21. The maximum Gasteiger partial charge on any atom is 0.260 e. The van der Waals surface area contributed by atoms with E-state index >= 15 is 0 Å². The molecule has 0 aromatic heterocycles. The van der Waals surface area contributed by atoms with E-state index in [0.717, 1.165) is 37.1 Å². The Kier molecular flexibility index (Phi) is 13.2. The highest BCUT2D eigenvalue weighted by Gasteiger charge is 2.16. The number of aryl methyl sites for hydroxylation is 1. The highest BCUT2D eigenvalue weighted by molar-refractivity contribution is 6.00. The van der Waals surface area contributed by atoms with E-state index in [0.29, 0.717) is 25.1 Å². The molecule has 1 aromatic rings. The van der Waals surface area contributed by atoms with Gasteiger partial charge in [-0.2, -0.15) is 0 Å². The largest absolute Gasteiger partial charge is 0.363 e. The molecule has 0 radical (unpaired) electrons. The predicted molar refractivity (Wildman–Crippen MR) is 131 cm³/mol. The molecule has 0 bridgehead atoms. The van der Waals surface area contributed by atoms with Gasteiger partial charge in [0, 0.05) is 38.5 Å². The lowest BCUT2D eigenvalue weighted by molar-refractivity contribution is -0.116. The van der Waals surface area contributed by atoms with Gasteiger partial charge < -0.3 is 9.64 Å². The molecular weight excluding hydrogens is 404 g/mol. The summed E-state index contributed by atoms with van der Waals surface area (Å²) in [5, 5.41) is 0. The van der Waals surface area contributed by atoms with E-state index in [9.17, 15) is 9.59 Å². The molecule has 0 spiro atoms. The minimum atomic E-state index is -0.357. The maximum atomic E-state index is 12.6. The molecule has 32 heavy (non-hydrogen) atoms. The van der Waals surface area contributed by atoms with Gasteiger partial charge in [0.2, 0.25) is 6.41 Å². The second-order valence-electron chi connectivity index (χ2n) is 7.21. The van der Waals surface area contributed by atoms with Gasteiger partial charge in [-0.05, 0) is 56.9 Å². The van der Waals surface area contributed by atoms with Crippen LogP contribution >= 0.6 is 0 Å². The van der Waals surface area contributed by atoms with Crippen molar-refractivity contribution in [3.63, 3.8) is 0 Å². The van der Waals surface area contributed by atoms with Crippen molar-refractivity contribution in [3.8, 4) is 0 Å². The van der Waals surface area contributed by atoms with Crippen molar-refractivity contribution in [2.45, 2.75) is 39.8 Å². The Balaban J connectivity index is 2.49. The number of methoxy groups -OCH3 is 1. The van der Waals surface area contributed by atoms with E-state index in [-0.39, 0.29) is 12.1 Å². The summed E-state index contributed by atoms with van der Waals surface area (Å²) < 4.78 is 5.14. The highest BCUT2D eigenvalue weighted by atomic mass is 16.5. The van der Waals surface area contributed by atoms with Crippen LogP contribution in [0.5, 0.6) is 0 Å². The number of amides is 2. The fourth-order valence-corrected chi connectivity index (χ4v) is 2.92. The van der Waals surface area contributed by atoms with Crippen molar-refractivity contribution < 1.29 is 14.3 Å². The Morgan fingerprint density at radius 1 is 1.25 bits per heavy atom. The summed E-state index contributed by atoms with van der Waals surface area (Å²) in [6.07, 6.45) is 9.03. The smallest absolute Gasteiger partial charge is 0.260 e. The van der Waals surface area contributed by atoms with Gasteiger partial charge in [-0.1, -0.05) is 30.9 Å². The zero-order valence-corrected chi connectivity index (χ0v) is 19.7. The van der Waals surface area contributed by atoms with Crippen molar-refractivity contribution in [1.82, 2.24) is 9.80 Å². The first-order valence-electron chi connectivity index (χ1n) is 10.9. The number of hydrogen-bond acceptors (Lipinski definition) is 5. The predicted octanol–water partition coefficient (Wildman–Crippen LogP) is 3.90. The Labute approximate surface area is 192 Å².